The minimum absolute atomic E-state index is 0.00628. The fourth-order valence-electron chi connectivity index (χ4n) is 1.28. The number of aliphatic hydroxyl groups is 1. The van der Waals surface area contributed by atoms with Crippen molar-refractivity contribution in [1.82, 2.24) is 0 Å². The lowest BCUT2D eigenvalue weighted by molar-refractivity contribution is 0.354. The van der Waals surface area contributed by atoms with E-state index < -0.39 is 5.82 Å². The maximum Gasteiger partial charge on any atom is 0.141 e. The minimum Gasteiger partial charge on any atom is -0.390 e. The van der Waals surface area contributed by atoms with E-state index >= 15 is 0 Å². The Labute approximate surface area is 87.3 Å². The Morgan fingerprint density at radius 2 is 2.27 bits per heavy atom. The summed E-state index contributed by atoms with van der Waals surface area (Å²) in [6.07, 6.45) is 0.213. The van der Waals surface area contributed by atoms with Crippen LogP contribution in [-0.4, -0.2) is 17.4 Å². The summed E-state index contributed by atoms with van der Waals surface area (Å²) in [5.41, 5.74) is 1.52. The summed E-state index contributed by atoms with van der Waals surface area (Å²) in [4.78, 5) is 0. The molecule has 0 aromatic heterocycles. The molecule has 0 bridgehead atoms. The summed E-state index contributed by atoms with van der Waals surface area (Å²) >= 11 is 0. The molecule has 1 aromatic carbocycles. The number of nitrogens with zero attached hydrogens (tertiary/aromatic N) is 1. The summed E-state index contributed by atoms with van der Waals surface area (Å²) in [7, 11) is 0. The molecule has 4 heteroatoms. The zero-order valence-electron chi connectivity index (χ0n) is 8.34. The highest BCUT2D eigenvalue weighted by Gasteiger charge is 2.08. The van der Waals surface area contributed by atoms with Gasteiger partial charge >= 0.3 is 0 Å². The summed E-state index contributed by atoms with van der Waals surface area (Å²) < 4.78 is 13.2. The summed E-state index contributed by atoms with van der Waals surface area (Å²) in [5.74, 6) is -0.580. The van der Waals surface area contributed by atoms with E-state index in [1.54, 1.807) is 13.0 Å². The number of nitriles is 1. The van der Waals surface area contributed by atoms with E-state index in [-0.39, 0.29) is 24.3 Å². The standard InChI is InChI=1S/C11H11FN2O/c1-7-2-9(5-13)11(12)4-8(7)3-10(14)6-15/h2,4,14-15H,3,6H2,1H3. The van der Waals surface area contributed by atoms with Crippen molar-refractivity contribution >= 4 is 5.71 Å². The van der Waals surface area contributed by atoms with Crippen LogP contribution in [0.3, 0.4) is 0 Å². The van der Waals surface area contributed by atoms with Gasteiger partial charge in [0.25, 0.3) is 0 Å². The highest BCUT2D eigenvalue weighted by atomic mass is 19.1. The number of hydrogen-bond donors (Lipinski definition) is 2. The van der Waals surface area contributed by atoms with Crippen LogP contribution in [0.2, 0.25) is 0 Å². The quantitative estimate of drug-likeness (QED) is 0.737. The van der Waals surface area contributed by atoms with Crippen molar-refractivity contribution in [2.45, 2.75) is 13.3 Å². The van der Waals surface area contributed by atoms with Crippen LogP contribution in [-0.2, 0) is 6.42 Å². The van der Waals surface area contributed by atoms with E-state index in [9.17, 15) is 4.39 Å². The molecule has 0 amide bonds. The van der Waals surface area contributed by atoms with Crippen LogP contribution in [0.25, 0.3) is 0 Å². The number of hydrogen-bond acceptors (Lipinski definition) is 3. The number of halogens is 1. The van der Waals surface area contributed by atoms with Gasteiger partial charge in [0.2, 0.25) is 0 Å². The average molecular weight is 206 g/mol. The second-order valence-electron chi connectivity index (χ2n) is 3.31. The third-order valence-corrected chi connectivity index (χ3v) is 2.14. The SMILES string of the molecule is Cc1cc(C#N)c(F)cc1CC(=N)CO. The Balaban J connectivity index is 3.06. The van der Waals surface area contributed by atoms with Gasteiger partial charge in [0.15, 0.2) is 0 Å². The number of benzene rings is 1. The maximum atomic E-state index is 13.2. The van der Waals surface area contributed by atoms with Crippen LogP contribution >= 0.6 is 0 Å². The van der Waals surface area contributed by atoms with Gasteiger partial charge in [0.05, 0.1) is 12.2 Å². The highest BCUT2D eigenvalue weighted by molar-refractivity contribution is 5.84. The van der Waals surface area contributed by atoms with Crippen LogP contribution in [0.5, 0.6) is 0 Å². The molecule has 0 atom stereocenters. The molecule has 0 heterocycles. The third kappa shape index (κ3) is 2.61. The molecule has 0 aliphatic heterocycles. The van der Waals surface area contributed by atoms with E-state index in [2.05, 4.69) is 0 Å². The molecule has 0 spiro atoms. The predicted octanol–water partition coefficient (Wildman–Crippen LogP) is 1.56. The first-order chi connectivity index (χ1) is 7.08. The van der Waals surface area contributed by atoms with Crippen molar-refractivity contribution in [2.75, 3.05) is 6.61 Å². The molecule has 0 unspecified atom stereocenters. The first-order valence-electron chi connectivity index (χ1n) is 4.44. The average Bonchev–Trinajstić information content (AvgIpc) is 2.22. The first-order valence-corrected chi connectivity index (χ1v) is 4.44. The molecule has 15 heavy (non-hydrogen) atoms. The lowest BCUT2D eigenvalue weighted by atomic mass is 10.0. The molecular weight excluding hydrogens is 195 g/mol. The van der Waals surface area contributed by atoms with Gasteiger partial charge in [-0.3, -0.25) is 0 Å². The van der Waals surface area contributed by atoms with E-state index in [4.69, 9.17) is 15.8 Å². The second kappa shape index (κ2) is 4.67. The molecule has 1 rings (SSSR count). The Bertz CT molecular complexity index is 435. The fraction of sp³-hybridized carbons (Fsp3) is 0.273. The first kappa shape index (κ1) is 11.3. The molecular formula is C11H11FN2O. The normalized spacial score (nSPS) is 9.73. The van der Waals surface area contributed by atoms with Crippen LogP contribution in [0.15, 0.2) is 12.1 Å². The molecule has 78 valence electrons. The number of nitrogens with one attached hydrogen (secondary N) is 1. The van der Waals surface area contributed by atoms with Gasteiger partial charge < -0.3 is 10.5 Å². The van der Waals surface area contributed by atoms with Gasteiger partial charge in [0, 0.05) is 12.1 Å². The molecule has 0 saturated carbocycles. The zero-order valence-corrected chi connectivity index (χ0v) is 8.34. The molecule has 0 radical (unpaired) electrons. The third-order valence-electron chi connectivity index (χ3n) is 2.14. The largest absolute Gasteiger partial charge is 0.390 e. The molecule has 0 fully saturated rings. The summed E-state index contributed by atoms with van der Waals surface area (Å²) in [6.45, 7) is 1.42. The topological polar surface area (TPSA) is 67.9 Å². The van der Waals surface area contributed by atoms with E-state index in [0.29, 0.717) is 5.56 Å². The van der Waals surface area contributed by atoms with Crippen molar-refractivity contribution in [3.63, 3.8) is 0 Å². The molecule has 1 aromatic rings. The fourth-order valence-corrected chi connectivity index (χ4v) is 1.28. The molecule has 2 N–H and O–H groups in total. The van der Waals surface area contributed by atoms with Gasteiger partial charge in [-0.05, 0) is 30.2 Å². The van der Waals surface area contributed by atoms with Crippen LogP contribution in [0.4, 0.5) is 4.39 Å². The van der Waals surface area contributed by atoms with E-state index in [0.717, 1.165) is 5.56 Å². The second-order valence-corrected chi connectivity index (χ2v) is 3.31. The Hall–Kier alpha value is -1.73. The zero-order chi connectivity index (χ0) is 11.4. The number of aryl methyl sites for hydroxylation is 1. The lowest BCUT2D eigenvalue weighted by Gasteiger charge is -2.06. The molecule has 3 nitrogen and oxygen atoms in total. The molecule has 0 saturated heterocycles. The van der Waals surface area contributed by atoms with Gasteiger partial charge in [-0.15, -0.1) is 0 Å². The Morgan fingerprint density at radius 1 is 1.60 bits per heavy atom. The number of aliphatic hydroxyl groups excluding tert-OH is 1. The van der Waals surface area contributed by atoms with Gasteiger partial charge in [0.1, 0.15) is 11.9 Å². The lowest BCUT2D eigenvalue weighted by Crippen LogP contribution is -2.08. The predicted molar refractivity (Wildman–Crippen MR) is 54.4 cm³/mol. The Morgan fingerprint density at radius 3 is 2.80 bits per heavy atom. The van der Waals surface area contributed by atoms with Crippen LogP contribution in [0, 0.1) is 29.5 Å². The van der Waals surface area contributed by atoms with Gasteiger partial charge in [-0.2, -0.15) is 5.26 Å². The van der Waals surface area contributed by atoms with Crippen LogP contribution < -0.4 is 0 Å². The van der Waals surface area contributed by atoms with Crippen molar-refractivity contribution in [1.29, 1.82) is 10.7 Å². The van der Waals surface area contributed by atoms with E-state index in [1.165, 1.54) is 12.1 Å². The molecule has 0 aliphatic rings. The Kier molecular flexibility index (Phi) is 3.53. The maximum absolute atomic E-state index is 13.2. The highest BCUT2D eigenvalue weighted by Crippen LogP contribution is 2.15. The van der Waals surface area contributed by atoms with Crippen molar-refractivity contribution in [3.8, 4) is 6.07 Å². The van der Waals surface area contributed by atoms with Gasteiger partial charge in [-0.1, -0.05) is 0 Å². The van der Waals surface area contributed by atoms with Crippen molar-refractivity contribution < 1.29 is 9.50 Å². The van der Waals surface area contributed by atoms with Crippen molar-refractivity contribution in [2.24, 2.45) is 0 Å². The van der Waals surface area contributed by atoms with Crippen molar-refractivity contribution in [3.05, 3.63) is 34.6 Å². The van der Waals surface area contributed by atoms with Crippen LogP contribution in [0.1, 0.15) is 16.7 Å². The molecule has 0 aliphatic carbocycles. The smallest absolute Gasteiger partial charge is 0.141 e. The summed E-state index contributed by atoms with van der Waals surface area (Å²) in [5, 5.41) is 24.6. The van der Waals surface area contributed by atoms with E-state index in [1.807, 2.05) is 0 Å². The number of rotatable bonds is 3. The summed E-state index contributed by atoms with van der Waals surface area (Å²) in [6, 6.07) is 4.45. The van der Waals surface area contributed by atoms with Gasteiger partial charge in [-0.25, -0.2) is 4.39 Å². The minimum atomic E-state index is -0.580. The monoisotopic (exact) mass is 206 g/mol.